The Kier molecular flexibility index (Phi) is 5.34. The number of thioether (sulfide) groups is 1. The lowest BCUT2D eigenvalue weighted by Crippen LogP contribution is -2.51. The van der Waals surface area contributed by atoms with E-state index in [0.717, 1.165) is 38.6 Å². The zero-order valence-electron chi connectivity index (χ0n) is 12.7. The molecular weight excluding hydrogens is 270 g/mol. The molecule has 1 aromatic heterocycles. The average molecular weight is 295 g/mol. The molecule has 0 saturated carbocycles. The van der Waals surface area contributed by atoms with Crippen molar-refractivity contribution in [3.05, 3.63) is 18.5 Å². The molecule has 0 atom stereocenters. The average Bonchev–Trinajstić information content (AvgIpc) is 2.91. The summed E-state index contributed by atoms with van der Waals surface area (Å²) in [6, 6.07) is 1.96. The van der Waals surface area contributed by atoms with Gasteiger partial charge in [0.15, 0.2) is 5.96 Å². The maximum absolute atomic E-state index is 4.41. The highest BCUT2D eigenvalue weighted by Crippen LogP contribution is 2.29. The van der Waals surface area contributed by atoms with Gasteiger partial charge in [-0.15, -0.1) is 0 Å². The number of aryl methyl sites for hydroxylation is 1. The van der Waals surface area contributed by atoms with Crippen LogP contribution in [0.1, 0.15) is 20.3 Å². The molecule has 0 unspecified atom stereocenters. The lowest BCUT2D eigenvalue weighted by molar-refractivity contribution is 0.375. The Morgan fingerprint density at radius 3 is 3.00 bits per heavy atom. The van der Waals surface area contributed by atoms with Crippen molar-refractivity contribution in [1.29, 1.82) is 0 Å². The van der Waals surface area contributed by atoms with Crippen molar-refractivity contribution in [2.75, 3.05) is 32.4 Å². The van der Waals surface area contributed by atoms with Gasteiger partial charge in [0.05, 0.1) is 0 Å². The fourth-order valence-electron chi connectivity index (χ4n) is 2.40. The molecule has 0 radical (unpaired) electrons. The Morgan fingerprint density at radius 2 is 2.35 bits per heavy atom. The zero-order valence-corrected chi connectivity index (χ0v) is 13.5. The third kappa shape index (κ3) is 4.44. The van der Waals surface area contributed by atoms with Crippen LogP contribution in [0.3, 0.4) is 0 Å². The summed E-state index contributed by atoms with van der Waals surface area (Å²) in [5.74, 6) is 2.19. The maximum Gasteiger partial charge on any atom is 0.193 e. The van der Waals surface area contributed by atoms with E-state index in [2.05, 4.69) is 34.2 Å². The first-order valence-corrected chi connectivity index (χ1v) is 8.16. The van der Waals surface area contributed by atoms with Gasteiger partial charge in [-0.2, -0.15) is 16.9 Å². The molecule has 112 valence electrons. The summed E-state index contributed by atoms with van der Waals surface area (Å²) in [4.78, 5) is 6.78. The van der Waals surface area contributed by atoms with Crippen LogP contribution in [0.25, 0.3) is 0 Å². The van der Waals surface area contributed by atoms with E-state index in [1.54, 1.807) is 0 Å². The SMILES string of the molecule is CN=C(NCCCn1cccn1)N1CCSC(C)(C)C1. The molecule has 2 rings (SSSR count). The van der Waals surface area contributed by atoms with Crippen LogP contribution in [-0.4, -0.2) is 57.8 Å². The minimum Gasteiger partial charge on any atom is -0.356 e. The molecule has 1 saturated heterocycles. The first-order valence-electron chi connectivity index (χ1n) is 7.18. The summed E-state index contributed by atoms with van der Waals surface area (Å²) in [5.41, 5.74) is 0. The molecule has 6 heteroatoms. The predicted octanol–water partition coefficient (Wildman–Crippen LogP) is 1.68. The molecule has 0 spiro atoms. The third-order valence-electron chi connectivity index (χ3n) is 3.34. The molecule has 1 aliphatic rings. The highest BCUT2D eigenvalue weighted by atomic mass is 32.2. The van der Waals surface area contributed by atoms with E-state index in [1.807, 2.05) is 42.0 Å². The molecule has 2 heterocycles. The third-order valence-corrected chi connectivity index (χ3v) is 4.64. The molecule has 0 amide bonds. The van der Waals surface area contributed by atoms with Gasteiger partial charge in [-0.3, -0.25) is 9.67 Å². The Hall–Kier alpha value is -1.17. The summed E-state index contributed by atoms with van der Waals surface area (Å²) in [6.45, 7) is 8.60. The molecule has 0 aromatic carbocycles. The molecule has 1 aromatic rings. The van der Waals surface area contributed by atoms with Crippen LogP contribution in [-0.2, 0) is 6.54 Å². The van der Waals surface area contributed by atoms with Crippen LogP contribution in [0.4, 0.5) is 0 Å². The van der Waals surface area contributed by atoms with E-state index in [9.17, 15) is 0 Å². The van der Waals surface area contributed by atoms with Crippen molar-refractivity contribution >= 4 is 17.7 Å². The number of aliphatic imine (C=N–C) groups is 1. The normalized spacial score (nSPS) is 19.1. The lowest BCUT2D eigenvalue weighted by atomic mass is 10.2. The monoisotopic (exact) mass is 295 g/mol. The van der Waals surface area contributed by atoms with Crippen LogP contribution < -0.4 is 5.32 Å². The fourth-order valence-corrected chi connectivity index (χ4v) is 3.51. The molecule has 0 aliphatic carbocycles. The zero-order chi connectivity index (χ0) is 14.4. The van der Waals surface area contributed by atoms with E-state index in [1.165, 1.54) is 5.75 Å². The molecule has 1 fully saturated rings. The molecule has 0 bridgehead atoms. The Morgan fingerprint density at radius 1 is 1.50 bits per heavy atom. The summed E-state index contributed by atoms with van der Waals surface area (Å²) in [5, 5.41) is 7.67. The van der Waals surface area contributed by atoms with Gasteiger partial charge < -0.3 is 10.2 Å². The smallest absolute Gasteiger partial charge is 0.193 e. The van der Waals surface area contributed by atoms with Crippen molar-refractivity contribution in [3.8, 4) is 0 Å². The van der Waals surface area contributed by atoms with Crippen LogP contribution >= 0.6 is 11.8 Å². The van der Waals surface area contributed by atoms with Gasteiger partial charge in [-0.1, -0.05) is 0 Å². The van der Waals surface area contributed by atoms with E-state index in [0.29, 0.717) is 4.75 Å². The second-order valence-electron chi connectivity index (χ2n) is 5.63. The molecule has 1 N–H and O–H groups in total. The predicted molar refractivity (Wildman–Crippen MR) is 86.3 cm³/mol. The summed E-state index contributed by atoms with van der Waals surface area (Å²) >= 11 is 2.04. The van der Waals surface area contributed by atoms with Crippen molar-refractivity contribution in [2.24, 2.45) is 4.99 Å². The maximum atomic E-state index is 4.41. The number of aromatic nitrogens is 2. The van der Waals surface area contributed by atoms with E-state index >= 15 is 0 Å². The highest BCUT2D eigenvalue weighted by molar-refractivity contribution is 8.00. The van der Waals surface area contributed by atoms with Gasteiger partial charge in [0.25, 0.3) is 0 Å². The van der Waals surface area contributed by atoms with Gasteiger partial charge in [0.2, 0.25) is 0 Å². The van der Waals surface area contributed by atoms with Crippen LogP contribution in [0.15, 0.2) is 23.5 Å². The number of nitrogens with zero attached hydrogens (tertiary/aromatic N) is 4. The van der Waals surface area contributed by atoms with Crippen LogP contribution in [0.5, 0.6) is 0 Å². The number of guanidine groups is 1. The largest absolute Gasteiger partial charge is 0.356 e. The highest BCUT2D eigenvalue weighted by Gasteiger charge is 2.28. The van der Waals surface area contributed by atoms with Crippen LogP contribution in [0.2, 0.25) is 0 Å². The minimum atomic E-state index is 0.310. The van der Waals surface area contributed by atoms with E-state index < -0.39 is 0 Å². The summed E-state index contributed by atoms with van der Waals surface area (Å²) in [6.07, 6.45) is 4.87. The summed E-state index contributed by atoms with van der Waals surface area (Å²) in [7, 11) is 1.87. The Labute approximate surface area is 125 Å². The number of hydrogen-bond acceptors (Lipinski definition) is 3. The molecule has 5 nitrogen and oxygen atoms in total. The van der Waals surface area contributed by atoms with E-state index in [4.69, 9.17) is 0 Å². The first-order chi connectivity index (χ1) is 9.61. The number of nitrogens with one attached hydrogen (secondary N) is 1. The number of rotatable bonds is 4. The standard InChI is InChI=1S/C14H25N5S/c1-14(2)12-18(10-11-20-14)13(15-3)16-6-4-8-19-9-5-7-17-19/h5,7,9H,4,6,8,10-12H2,1-3H3,(H,15,16). The molecular formula is C14H25N5S. The minimum absolute atomic E-state index is 0.310. The Balaban J connectivity index is 1.75. The van der Waals surface area contributed by atoms with Gasteiger partial charge in [0, 0.05) is 56.1 Å². The van der Waals surface area contributed by atoms with Crippen molar-refractivity contribution in [1.82, 2.24) is 20.0 Å². The topological polar surface area (TPSA) is 45.5 Å². The molecule has 20 heavy (non-hydrogen) atoms. The van der Waals surface area contributed by atoms with Gasteiger partial charge in [-0.05, 0) is 26.3 Å². The van der Waals surface area contributed by atoms with Crippen molar-refractivity contribution in [3.63, 3.8) is 0 Å². The fraction of sp³-hybridized carbons (Fsp3) is 0.714. The van der Waals surface area contributed by atoms with Crippen molar-refractivity contribution in [2.45, 2.75) is 31.6 Å². The van der Waals surface area contributed by atoms with Gasteiger partial charge in [0.1, 0.15) is 0 Å². The number of hydrogen-bond donors (Lipinski definition) is 1. The van der Waals surface area contributed by atoms with E-state index in [-0.39, 0.29) is 0 Å². The molecule has 1 aliphatic heterocycles. The first kappa shape index (κ1) is 15.2. The summed E-state index contributed by atoms with van der Waals surface area (Å²) < 4.78 is 2.27. The lowest BCUT2D eigenvalue weighted by Gasteiger charge is -2.39. The second-order valence-corrected chi connectivity index (χ2v) is 7.43. The van der Waals surface area contributed by atoms with Crippen molar-refractivity contribution < 1.29 is 0 Å². The quantitative estimate of drug-likeness (QED) is 0.521. The van der Waals surface area contributed by atoms with Gasteiger partial charge in [-0.25, -0.2) is 0 Å². The Bertz CT molecular complexity index is 427. The van der Waals surface area contributed by atoms with Gasteiger partial charge >= 0.3 is 0 Å². The van der Waals surface area contributed by atoms with Crippen LogP contribution in [0, 0.1) is 0 Å². The second kappa shape index (κ2) is 7.02.